The van der Waals surface area contributed by atoms with Crippen molar-refractivity contribution in [1.29, 1.82) is 0 Å². The number of carbonyl (C=O) groups is 1. The Morgan fingerprint density at radius 2 is 1.84 bits per heavy atom. The van der Waals surface area contributed by atoms with Crippen LogP contribution in [0, 0.1) is 5.41 Å². The number of amides is 1. The highest BCUT2D eigenvalue weighted by molar-refractivity contribution is 7.94. The Morgan fingerprint density at radius 3 is 2.38 bits per heavy atom. The van der Waals surface area contributed by atoms with Crippen molar-refractivity contribution in [3.05, 3.63) is 18.2 Å². The highest BCUT2D eigenvalue weighted by Gasteiger charge is 2.50. The molecule has 1 N–H and O–H groups in total. The van der Waals surface area contributed by atoms with Gasteiger partial charge in [0.1, 0.15) is 10.6 Å². The molecule has 3 rings (SSSR count). The van der Waals surface area contributed by atoms with Crippen LogP contribution in [0.5, 0.6) is 5.75 Å². The largest absolute Gasteiger partial charge is 0.495 e. The first kappa shape index (κ1) is 24.9. The fourth-order valence-electron chi connectivity index (χ4n) is 3.89. The van der Waals surface area contributed by atoms with Gasteiger partial charge in [-0.1, -0.05) is 0 Å². The van der Waals surface area contributed by atoms with Crippen LogP contribution in [0.25, 0.3) is 0 Å². The number of nitrogens with zero attached hydrogens (tertiary/aromatic N) is 2. The third-order valence-electron chi connectivity index (χ3n) is 5.82. The Kier molecular flexibility index (Phi) is 6.66. The van der Waals surface area contributed by atoms with Gasteiger partial charge in [0.15, 0.2) is 0 Å². The molecule has 1 aromatic carbocycles. The summed E-state index contributed by atoms with van der Waals surface area (Å²) < 4.78 is 65.5. The van der Waals surface area contributed by atoms with E-state index in [0.717, 1.165) is 0 Å². The fraction of sp³-hybridized carbons (Fsp3) is 0.650. The molecule has 0 radical (unpaired) electrons. The Labute approximate surface area is 190 Å². The summed E-state index contributed by atoms with van der Waals surface area (Å²) in [6.07, 6.45) is 0. The van der Waals surface area contributed by atoms with E-state index in [4.69, 9.17) is 9.47 Å². The standard InChI is InChI=1S/C20H31N3O7S2/c1-19(2)14-31(25,26)23(18(19)24)15-6-7-16(29-5)17(12-15)32(27,28)21-13-20(3,4)22-8-10-30-11-9-22/h6-7,12,21H,8-11,13-14H2,1-5H3. The van der Waals surface area contributed by atoms with Gasteiger partial charge in [0.2, 0.25) is 26.0 Å². The van der Waals surface area contributed by atoms with Gasteiger partial charge in [0.05, 0.1) is 37.2 Å². The number of ether oxygens (including phenoxy) is 2. The van der Waals surface area contributed by atoms with E-state index < -0.39 is 36.9 Å². The smallest absolute Gasteiger partial charge is 0.247 e. The third kappa shape index (κ3) is 4.79. The maximum atomic E-state index is 13.2. The van der Waals surface area contributed by atoms with Crippen molar-refractivity contribution in [2.75, 3.05) is 50.0 Å². The lowest BCUT2D eigenvalue weighted by molar-refractivity contribution is -0.123. The first-order chi connectivity index (χ1) is 14.7. The molecule has 2 saturated heterocycles. The molecule has 2 aliphatic heterocycles. The minimum Gasteiger partial charge on any atom is -0.495 e. The number of hydrogen-bond acceptors (Lipinski definition) is 8. The normalized spacial score (nSPS) is 21.7. The Morgan fingerprint density at radius 1 is 1.22 bits per heavy atom. The summed E-state index contributed by atoms with van der Waals surface area (Å²) in [7, 11) is -6.67. The molecule has 2 fully saturated rings. The molecule has 32 heavy (non-hydrogen) atoms. The minimum absolute atomic E-state index is 0.0332. The van der Waals surface area contributed by atoms with Gasteiger partial charge in [0.25, 0.3) is 0 Å². The minimum atomic E-state index is -4.08. The van der Waals surface area contributed by atoms with Gasteiger partial charge in [-0.3, -0.25) is 9.69 Å². The lowest BCUT2D eigenvalue weighted by Gasteiger charge is -2.40. The van der Waals surface area contributed by atoms with Crippen molar-refractivity contribution < 1.29 is 31.1 Å². The number of methoxy groups -OCH3 is 1. The lowest BCUT2D eigenvalue weighted by Crippen LogP contribution is -2.55. The molecular weight excluding hydrogens is 458 g/mol. The summed E-state index contributed by atoms with van der Waals surface area (Å²) >= 11 is 0. The number of anilines is 1. The van der Waals surface area contributed by atoms with Crippen LogP contribution in [-0.2, 0) is 29.6 Å². The zero-order valence-electron chi connectivity index (χ0n) is 19.0. The van der Waals surface area contributed by atoms with E-state index in [1.807, 2.05) is 13.8 Å². The molecule has 10 nitrogen and oxygen atoms in total. The number of morpholine rings is 1. The highest BCUT2D eigenvalue weighted by Crippen LogP contribution is 2.38. The van der Waals surface area contributed by atoms with E-state index in [9.17, 15) is 21.6 Å². The Bertz CT molecular complexity index is 1090. The Balaban J connectivity index is 1.92. The second kappa shape index (κ2) is 8.56. The fourth-order valence-corrected chi connectivity index (χ4v) is 7.38. The molecule has 0 aliphatic carbocycles. The summed E-state index contributed by atoms with van der Waals surface area (Å²) in [5, 5.41) is 0. The van der Waals surface area contributed by atoms with Gasteiger partial charge in [-0.2, -0.15) is 0 Å². The second-order valence-electron chi connectivity index (χ2n) is 9.28. The molecule has 12 heteroatoms. The van der Waals surface area contributed by atoms with E-state index in [1.54, 1.807) is 13.8 Å². The molecule has 0 aromatic heterocycles. The Hall–Kier alpha value is -1.73. The van der Waals surface area contributed by atoms with Crippen LogP contribution in [0.15, 0.2) is 23.1 Å². The van der Waals surface area contributed by atoms with E-state index in [-0.39, 0.29) is 28.6 Å². The quantitative estimate of drug-likeness (QED) is 0.596. The first-order valence-corrected chi connectivity index (χ1v) is 13.4. The van der Waals surface area contributed by atoms with Crippen molar-refractivity contribution in [1.82, 2.24) is 9.62 Å². The van der Waals surface area contributed by atoms with E-state index in [2.05, 4.69) is 9.62 Å². The molecule has 1 aromatic rings. The van der Waals surface area contributed by atoms with Crippen molar-refractivity contribution in [3.63, 3.8) is 0 Å². The van der Waals surface area contributed by atoms with E-state index >= 15 is 0 Å². The lowest BCUT2D eigenvalue weighted by atomic mass is 9.95. The third-order valence-corrected chi connectivity index (χ3v) is 9.26. The number of sulfonamides is 2. The number of rotatable bonds is 7. The number of nitrogens with one attached hydrogen (secondary N) is 1. The maximum absolute atomic E-state index is 13.2. The van der Waals surface area contributed by atoms with Crippen LogP contribution in [0.1, 0.15) is 27.7 Å². The summed E-state index contributed by atoms with van der Waals surface area (Å²) in [6.45, 7) is 9.64. The van der Waals surface area contributed by atoms with Crippen LogP contribution in [0.2, 0.25) is 0 Å². The van der Waals surface area contributed by atoms with Gasteiger partial charge in [-0.05, 0) is 45.9 Å². The van der Waals surface area contributed by atoms with E-state index in [1.165, 1.54) is 25.3 Å². The van der Waals surface area contributed by atoms with E-state index in [0.29, 0.717) is 30.6 Å². The number of benzene rings is 1. The molecule has 0 saturated carbocycles. The molecule has 180 valence electrons. The van der Waals surface area contributed by atoms with Crippen molar-refractivity contribution in [2.24, 2.45) is 5.41 Å². The van der Waals surface area contributed by atoms with Crippen LogP contribution >= 0.6 is 0 Å². The molecule has 0 spiro atoms. The molecule has 0 bridgehead atoms. The van der Waals surface area contributed by atoms with Crippen LogP contribution in [-0.4, -0.2) is 78.9 Å². The molecule has 0 atom stereocenters. The summed E-state index contributed by atoms with van der Waals surface area (Å²) in [4.78, 5) is 14.6. The van der Waals surface area contributed by atoms with Gasteiger partial charge in [-0.25, -0.2) is 25.9 Å². The first-order valence-electron chi connectivity index (χ1n) is 10.3. The van der Waals surface area contributed by atoms with Crippen LogP contribution < -0.4 is 13.8 Å². The van der Waals surface area contributed by atoms with Crippen molar-refractivity contribution >= 4 is 31.6 Å². The summed E-state index contributed by atoms with van der Waals surface area (Å²) in [5.41, 5.74) is -1.60. The zero-order chi connectivity index (χ0) is 23.9. The monoisotopic (exact) mass is 489 g/mol. The van der Waals surface area contributed by atoms with Gasteiger partial charge < -0.3 is 9.47 Å². The predicted molar refractivity (Wildman–Crippen MR) is 120 cm³/mol. The van der Waals surface area contributed by atoms with Gasteiger partial charge >= 0.3 is 0 Å². The van der Waals surface area contributed by atoms with Gasteiger partial charge in [-0.15, -0.1) is 0 Å². The van der Waals surface area contributed by atoms with Gasteiger partial charge in [0, 0.05) is 25.2 Å². The maximum Gasteiger partial charge on any atom is 0.247 e. The topological polar surface area (TPSA) is 122 Å². The van der Waals surface area contributed by atoms with Crippen molar-refractivity contribution in [2.45, 2.75) is 38.1 Å². The van der Waals surface area contributed by atoms with Crippen molar-refractivity contribution in [3.8, 4) is 5.75 Å². The average molecular weight is 490 g/mol. The van der Waals surface area contributed by atoms with Crippen LogP contribution in [0.4, 0.5) is 5.69 Å². The molecular formula is C20H31N3O7S2. The second-order valence-corrected chi connectivity index (χ2v) is 12.8. The number of hydrogen-bond donors (Lipinski definition) is 1. The predicted octanol–water partition coefficient (Wildman–Crippen LogP) is 0.787. The summed E-state index contributed by atoms with van der Waals surface area (Å²) in [5.74, 6) is -0.903. The molecule has 1 amide bonds. The molecule has 0 unspecified atom stereocenters. The molecule has 2 heterocycles. The van der Waals surface area contributed by atoms with Crippen LogP contribution in [0.3, 0.4) is 0 Å². The molecule has 2 aliphatic rings. The SMILES string of the molecule is COc1ccc(N2C(=O)C(C)(C)CS2(=O)=O)cc1S(=O)(=O)NCC(C)(C)N1CCOCC1. The average Bonchev–Trinajstić information content (AvgIpc) is 2.89. The zero-order valence-corrected chi connectivity index (χ0v) is 20.7. The number of carbonyl (C=O) groups excluding carboxylic acids is 1. The highest BCUT2D eigenvalue weighted by atomic mass is 32.2. The summed E-state index contributed by atoms with van der Waals surface area (Å²) in [6, 6.07) is 3.89.